The maximum absolute atomic E-state index is 12.5. The van der Waals surface area contributed by atoms with Gasteiger partial charge in [-0.1, -0.05) is 32.9 Å². The van der Waals surface area contributed by atoms with E-state index in [1.54, 1.807) is 0 Å². The molecule has 134 valence electrons. The van der Waals surface area contributed by atoms with Crippen LogP contribution in [-0.4, -0.2) is 32.3 Å². The molecule has 1 fully saturated rings. The van der Waals surface area contributed by atoms with Gasteiger partial charge in [-0.3, -0.25) is 4.79 Å². The summed E-state index contributed by atoms with van der Waals surface area (Å²) in [5.74, 6) is 0.534. The van der Waals surface area contributed by atoms with Crippen LogP contribution in [0.25, 0.3) is 0 Å². The maximum Gasteiger partial charge on any atom is 0.223 e. The number of carbonyl (C=O) groups is 1. The summed E-state index contributed by atoms with van der Waals surface area (Å²) in [7, 11) is -1.80. The molecule has 1 amide bonds. The molecule has 0 saturated carbocycles. The van der Waals surface area contributed by atoms with Crippen LogP contribution < -0.4 is 0 Å². The van der Waals surface area contributed by atoms with Crippen molar-refractivity contribution in [3.8, 4) is 6.07 Å². The van der Waals surface area contributed by atoms with E-state index >= 15 is 0 Å². The summed E-state index contributed by atoms with van der Waals surface area (Å²) in [4.78, 5) is 14.5. The lowest BCUT2D eigenvalue weighted by Crippen LogP contribution is -2.43. The summed E-state index contributed by atoms with van der Waals surface area (Å²) in [5.41, 5.74) is 3.07. The van der Waals surface area contributed by atoms with Gasteiger partial charge in [0.05, 0.1) is 24.3 Å². The summed E-state index contributed by atoms with van der Waals surface area (Å²) in [6.45, 7) is 12.4. The minimum atomic E-state index is -1.80. The molecule has 1 aliphatic heterocycles. The third-order valence-corrected chi connectivity index (χ3v) is 10.8. The van der Waals surface area contributed by atoms with Gasteiger partial charge in [-0.05, 0) is 47.7 Å². The first-order valence-electron chi connectivity index (χ1n) is 9.11. The molecule has 1 saturated heterocycles. The summed E-state index contributed by atoms with van der Waals surface area (Å²) in [6.07, 6.45) is 1.43. The van der Waals surface area contributed by atoms with Gasteiger partial charge in [-0.25, -0.2) is 0 Å². The largest absolute Gasteiger partial charge is 0.415 e. The smallest absolute Gasteiger partial charge is 0.223 e. The third-order valence-electron chi connectivity index (χ3n) is 6.26. The Bertz CT molecular complexity index is 730. The van der Waals surface area contributed by atoms with Gasteiger partial charge < -0.3 is 9.33 Å². The second-order valence-electron chi connectivity index (χ2n) is 8.79. The summed E-state index contributed by atoms with van der Waals surface area (Å²) >= 11 is 0. The van der Waals surface area contributed by atoms with Gasteiger partial charge in [0.2, 0.25) is 5.91 Å². The predicted octanol–water partition coefficient (Wildman–Crippen LogP) is 4.03. The second-order valence-corrected chi connectivity index (χ2v) is 13.6. The van der Waals surface area contributed by atoms with Crippen molar-refractivity contribution in [3.05, 3.63) is 34.9 Å². The molecule has 2 atom stereocenters. The molecule has 2 aliphatic rings. The fourth-order valence-corrected chi connectivity index (χ4v) is 4.86. The number of hydrogen-bond acceptors (Lipinski definition) is 3. The van der Waals surface area contributed by atoms with Crippen LogP contribution in [0.3, 0.4) is 0 Å². The molecule has 2 unspecified atom stereocenters. The van der Waals surface area contributed by atoms with Crippen LogP contribution >= 0.6 is 0 Å². The monoisotopic (exact) mass is 356 g/mol. The van der Waals surface area contributed by atoms with Crippen molar-refractivity contribution in [1.82, 2.24) is 4.90 Å². The number of nitrogens with zero attached hydrogens (tertiary/aromatic N) is 2. The average Bonchev–Trinajstić information content (AvgIpc) is 3.01. The van der Waals surface area contributed by atoms with Gasteiger partial charge in [0.25, 0.3) is 0 Å². The highest BCUT2D eigenvalue weighted by Crippen LogP contribution is 2.47. The predicted molar refractivity (Wildman–Crippen MR) is 101 cm³/mol. The molecule has 0 radical (unpaired) electrons. The Hall–Kier alpha value is -1.64. The van der Waals surface area contributed by atoms with Gasteiger partial charge >= 0.3 is 0 Å². The Labute approximate surface area is 151 Å². The van der Waals surface area contributed by atoms with E-state index in [2.05, 4.69) is 46.0 Å². The molecule has 0 spiro atoms. The Morgan fingerprint density at radius 1 is 1.32 bits per heavy atom. The molecule has 1 aliphatic carbocycles. The van der Waals surface area contributed by atoms with Gasteiger partial charge in [-0.15, -0.1) is 0 Å². The molecular formula is C20H28N2O2Si. The van der Waals surface area contributed by atoms with Crippen LogP contribution in [-0.2, 0) is 15.6 Å². The fraction of sp³-hybridized carbons (Fsp3) is 0.600. The van der Waals surface area contributed by atoms with Crippen LogP contribution in [0, 0.1) is 17.2 Å². The van der Waals surface area contributed by atoms with E-state index in [1.807, 2.05) is 17.0 Å². The van der Waals surface area contributed by atoms with E-state index in [0.717, 1.165) is 17.5 Å². The number of benzene rings is 1. The van der Waals surface area contributed by atoms with Crippen molar-refractivity contribution in [1.29, 1.82) is 5.26 Å². The molecule has 3 rings (SSSR count). The standard InChI is InChI=1S/C20H28N2O2Si/c1-20(2,3)25(4,5)24-10-9-22-18(23)12-15-11-17-14(13-21)7-6-8-16(17)19(15)22/h6-8,15,19H,9-12H2,1-5H3. The number of amides is 1. The van der Waals surface area contributed by atoms with Crippen molar-refractivity contribution >= 4 is 14.2 Å². The zero-order valence-corrected chi connectivity index (χ0v) is 16.9. The van der Waals surface area contributed by atoms with E-state index in [0.29, 0.717) is 25.5 Å². The number of carbonyl (C=O) groups excluding carboxylic acids is 1. The highest BCUT2D eigenvalue weighted by Gasteiger charge is 2.46. The van der Waals surface area contributed by atoms with E-state index < -0.39 is 8.32 Å². The minimum absolute atomic E-state index is 0.124. The Balaban J connectivity index is 1.74. The lowest BCUT2D eigenvalue weighted by atomic mass is 10.0. The zero-order chi connectivity index (χ0) is 18.4. The van der Waals surface area contributed by atoms with E-state index in [4.69, 9.17) is 4.43 Å². The van der Waals surface area contributed by atoms with E-state index in [9.17, 15) is 10.1 Å². The minimum Gasteiger partial charge on any atom is -0.415 e. The van der Waals surface area contributed by atoms with Crippen LogP contribution in [0.2, 0.25) is 18.1 Å². The quantitative estimate of drug-likeness (QED) is 0.766. The lowest BCUT2D eigenvalue weighted by Gasteiger charge is -2.37. The highest BCUT2D eigenvalue weighted by molar-refractivity contribution is 6.74. The van der Waals surface area contributed by atoms with E-state index in [1.165, 1.54) is 5.56 Å². The molecule has 25 heavy (non-hydrogen) atoms. The zero-order valence-electron chi connectivity index (χ0n) is 15.9. The third kappa shape index (κ3) is 3.14. The molecule has 4 nitrogen and oxygen atoms in total. The summed E-state index contributed by atoms with van der Waals surface area (Å²) in [5, 5.41) is 9.52. The molecule has 1 aromatic rings. The average molecular weight is 357 g/mol. The maximum atomic E-state index is 12.5. The number of likely N-dealkylation sites (tertiary alicyclic amines) is 1. The van der Waals surface area contributed by atoms with Gasteiger partial charge in [0.1, 0.15) is 0 Å². The van der Waals surface area contributed by atoms with Crippen molar-refractivity contribution in [2.24, 2.45) is 5.92 Å². The van der Waals surface area contributed by atoms with Crippen molar-refractivity contribution in [2.75, 3.05) is 13.2 Å². The molecule has 1 heterocycles. The molecule has 5 heteroatoms. The Kier molecular flexibility index (Phi) is 4.55. The molecule has 0 N–H and O–H groups in total. The lowest BCUT2D eigenvalue weighted by molar-refractivity contribution is -0.129. The Morgan fingerprint density at radius 3 is 2.68 bits per heavy atom. The SMILES string of the molecule is CC(C)(C)[Si](C)(C)OCCN1C(=O)CC2Cc3c(C#N)cccc3C21. The second kappa shape index (κ2) is 6.26. The summed E-state index contributed by atoms with van der Waals surface area (Å²) in [6, 6.07) is 8.33. The van der Waals surface area contributed by atoms with Crippen molar-refractivity contribution < 1.29 is 9.22 Å². The van der Waals surface area contributed by atoms with Gasteiger partial charge in [0, 0.05) is 13.0 Å². The van der Waals surface area contributed by atoms with Crippen molar-refractivity contribution in [2.45, 2.75) is 57.8 Å². The van der Waals surface area contributed by atoms with E-state index in [-0.39, 0.29) is 17.0 Å². The van der Waals surface area contributed by atoms with Crippen LogP contribution in [0.15, 0.2) is 18.2 Å². The molecule has 0 aromatic heterocycles. The molecular weight excluding hydrogens is 328 g/mol. The Morgan fingerprint density at radius 2 is 2.04 bits per heavy atom. The topological polar surface area (TPSA) is 53.3 Å². The summed E-state index contributed by atoms with van der Waals surface area (Å²) < 4.78 is 6.28. The number of nitriles is 1. The number of hydrogen-bond donors (Lipinski definition) is 0. The van der Waals surface area contributed by atoms with Crippen LogP contribution in [0.5, 0.6) is 0 Å². The normalized spacial score (nSPS) is 22.7. The first kappa shape index (κ1) is 18.2. The molecule has 0 bridgehead atoms. The van der Waals surface area contributed by atoms with Crippen LogP contribution in [0.1, 0.15) is 49.9 Å². The number of rotatable bonds is 4. The van der Waals surface area contributed by atoms with Gasteiger partial charge in [0.15, 0.2) is 8.32 Å². The van der Waals surface area contributed by atoms with Gasteiger partial charge in [-0.2, -0.15) is 5.26 Å². The van der Waals surface area contributed by atoms with Crippen LogP contribution in [0.4, 0.5) is 0 Å². The first-order valence-corrected chi connectivity index (χ1v) is 12.0. The first-order chi connectivity index (χ1) is 11.7. The van der Waals surface area contributed by atoms with Crippen molar-refractivity contribution in [3.63, 3.8) is 0 Å². The molecule has 1 aromatic carbocycles. The number of fused-ring (bicyclic) bond motifs is 3. The highest BCUT2D eigenvalue weighted by atomic mass is 28.4. The fourth-order valence-electron chi connectivity index (χ4n) is 3.82.